The molecule has 3 N–H and O–H groups in total. The molecule has 0 saturated heterocycles. The number of halogens is 3. The van der Waals surface area contributed by atoms with Gasteiger partial charge in [-0.15, -0.1) is 0 Å². The molecule has 13 heavy (non-hydrogen) atoms. The number of hydrogen-bond donors (Lipinski definition) is 2. The second-order valence-electron chi connectivity index (χ2n) is 3.00. The maximum atomic E-state index is 11.8. The molecule has 0 aromatic carbocycles. The summed E-state index contributed by atoms with van der Waals surface area (Å²) in [4.78, 5) is 0. The van der Waals surface area contributed by atoms with E-state index in [0.29, 0.717) is 0 Å². The molecule has 0 bridgehead atoms. The fraction of sp³-hybridized carbons (Fsp3) is 1.00. The Kier molecular flexibility index (Phi) is 2.56. The van der Waals surface area contributed by atoms with Crippen LogP contribution in [-0.2, 0) is 10.0 Å². The fourth-order valence-corrected chi connectivity index (χ4v) is 1.81. The van der Waals surface area contributed by atoms with Gasteiger partial charge >= 0.3 is 15.5 Å². The molecule has 1 fully saturated rings. The SMILES string of the molecule is NC1CC(NS(=O)(=O)C(F)(F)F)C1. The van der Waals surface area contributed by atoms with Crippen molar-refractivity contribution in [2.45, 2.75) is 30.4 Å². The Balaban J connectivity index is 2.54. The third kappa shape index (κ3) is 2.32. The molecule has 8 heteroatoms. The van der Waals surface area contributed by atoms with Crippen LogP contribution >= 0.6 is 0 Å². The molecular formula is C5H9F3N2O2S. The standard InChI is InChI=1S/C5H9F3N2O2S/c6-5(7,8)13(11,12)10-4-1-3(9)2-4/h3-4,10H,1-2,9H2. The third-order valence-corrected chi connectivity index (χ3v) is 3.05. The van der Waals surface area contributed by atoms with Gasteiger partial charge in [-0.3, -0.25) is 0 Å². The van der Waals surface area contributed by atoms with E-state index in [9.17, 15) is 21.6 Å². The molecule has 0 unspecified atom stereocenters. The summed E-state index contributed by atoms with van der Waals surface area (Å²) in [6.07, 6.45) is 0.518. The molecule has 0 amide bonds. The van der Waals surface area contributed by atoms with Crippen LogP contribution in [0, 0.1) is 0 Å². The van der Waals surface area contributed by atoms with Crippen LogP contribution in [-0.4, -0.2) is 26.0 Å². The molecule has 0 spiro atoms. The van der Waals surface area contributed by atoms with Gasteiger partial charge in [-0.05, 0) is 12.8 Å². The highest BCUT2D eigenvalue weighted by atomic mass is 32.2. The lowest BCUT2D eigenvalue weighted by Crippen LogP contribution is -2.52. The molecule has 1 aliphatic rings. The zero-order valence-electron chi connectivity index (χ0n) is 6.50. The first kappa shape index (κ1) is 10.7. The van der Waals surface area contributed by atoms with Gasteiger partial charge in [-0.25, -0.2) is 13.1 Å². The van der Waals surface area contributed by atoms with Crippen LogP contribution in [0.25, 0.3) is 0 Å². The van der Waals surface area contributed by atoms with Crippen molar-refractivity contribution in [3.05, 3.63) is 0 Å². The van der Waals surface area contributed by atoms with Crippen LogP contribution in [0.5, 0.6) is 0 Å². The Bertz CT molecular complexity index is 281. The van der Waals surface area contributed by atoms with Gasteiger partial charge < -0.3 is 5.73 Å². The summed E-state index contributed by atoms with van der Waals surface area (Å²) in [5.74, 6) is 0. The monoisotopic (exact) mass is 218 g/mol. The molecule has 0 aromatic rings. The number of nitrogens with one attached hydrogen (secondary N) is 1. The number of hydrogen-bond acceptors (Lipinski definition) is 3. The van der Waals surface area contributed by atoms with Crippen molar-refractivity contribution in [1.29, 1.82) is 0 Å². The van der Waals surface area contributed by atoms with Crippen LogP contribution in [0.1, 0.15) is 12.8 Å². The summed E-state index contributed by atoms with van der Waals surface area (Å²) in [5, 5.41) is 0. The molecule has 78 valence electrons. The Labute approximate surface area is 73.3 Å². The van der Waals surface area contributed by atoms with E-state index >= 15 is 0 Å². The predicted octanol–water partition coefficient (Wildman–Crippen LogP) is -0.0847. The zero-order valence-corrected chi connectivity index (χ0v) is 7.32. The summed E-state index contributed by atoms with van der Waals surface area (Å²) >= 11 is 0. The van der Waals surface area contributed by atoms with Gasteiger partial charge in [0.25, 0.3) is 0 Å². The minimum Gasteiger partial charge on any atom is -0.328 e. The van der Waals surface area contributed by atoms with Crippen molar-refractivity contribution in [2.24, 2.45) is 5.73 Å². The van der Waals surface area contributed by atoms with Crippen molar-refractivity contribution in [1.82, 2.24) is 4.72 Å². The molecule has 0 radical (unpaired) electrons. The van der Waals surface area contributed by atoms with E-state index in [1.807, 2.05) is 0 Å². The number of alkyl halides is 3. The smallest absolute Gasteiger partial charge is 0.328 e. The van der Waals surface area contributed by atoms with Crippen LogP contribution < -0.4 is 10.5 Å². The first-order valence-electron chi connectivity index (χ1n) is 3.56. The summed E-state index contributed by atoms with van der Waals surface area (Å²) in [6.45, 7) is 0. The van der Waals surface area contributed by atoms with Gasteiger partial charge in [-0.2, -0.15) is 13.2 Å². The van der Waals surface area contributed by atoms with E-state index in [-0.39, 0.29) is 18.9 Å². The highest BCUT2D eigenvalue weighted by Gasteiger charge is 2.47. The molecule has 1 rings (SSSR count). The van der Waals surface area contributed by atoms with Gasteiger partial charge in [-0.1, -0.05) is 0 Å². The van der Waals surface area contributed by atoms with Gasteiger partial charge in [0.15, 0.2) is 0 Å². The van der Waals surface area contributed by atoms with Crippen LogP contribution in [0.4, 0.5) is 13.2 Å². The van der Waals surface area contributed by atoms with E-state index in [4.69, 9.17) is 5.73 Å². The highest BCUT2D eigenvalue weighted by Crippen LogP contribution is 2.25. The first-order valence-corrected chi connectivity index (χ1v) is 5.05. The van der Waals surface area contributed by atoms with Crippen LogP contribution in [0.15, 0.2) is 0 Å². The number of rotatable bonds is 2. The van der Waals surface area contributed by atoms with E-state index in [2.05, 4.69) is 0 Å². The summed E-state index contributed by atoms with van der Waals surface area (Å²) in [6, 6.07) is -0.859. The van der Waals surface area contributed by atoms with E-state index in [1.54, 1.807) is 0 Å². The normalized spacial score (nSPS) is 29.8. The average Bonchev–Trinajstić information content (AvgIpc) is 1.80. The molecular weight excluding hydrogens is 209 g/mol. The molecule has 1 aliphatic carbocycles. The van der Waals surface area contributed by atoms with Crippen molar-refractivity contribution < 1.29 is 21.6 Å². The van der Waals surface area contributed by atoms with Crippen molar-refractivity contribution in [3.63, 3.8) is 0 Å². The quantitative estimate of drug-likeness (QED) is 0.680. The minimum atomic E-state index is -5.23. The van der Waals surface area contributed by atoms with E-state index in [1.165, 1.54) is 4.72 Å². The van der Waals surface area contributed by atoms with Gasteiger partial charge in [0, 0.05) is 12.1 Å². The Morgan fingerprint density at radius 1 is 1.31 bits per heavy atom. The van der Waals surface area contributed by atoms with Gasteiger partial charge in [0.1, 0.15) is 0 Å². The Morgan fingerprint density at radius 3 is 2.08 bits per heavy atom. The lowest BCUT2D eigenvalue weighted by Gasteiger charge is -2.32. The lowest BCUT2D eigenvalue weighted by molar-refractivity contribution is -0.0454. The number of nitrogens with two attached hydrogens (primary N) is 1. The zero-order chi connectivity index (χ0) is 10.3. The molecule has 0 heterocycles. The minimum absolute atomic E-state index is 0.194. The predicted molar refractivity (Wildman–Crippen MR) is 39.1 cm³/mol. The van der Waals surface area contributed by atoms with Crippen molar-refractivity contribution >= 4 is 10.0 Å². The molecule has 1 saturated carbocycles. The molecule has 0 aromatic heterocycles. The first-order chi connectivity index (χ1) is 5.72. The maximum absolute atomic E-state index is 11.8. The molecule has 4 nitrogen and oxygen atoms in total. The second kappa shape index (κ2) is 3.10. The van der Waals surface area contributed by atoms with Crippen LogP contribution in [0.2, 0.25) is 0 Å². The molecule has 0 atom stereocenters. The topological polar surface area (TPSA) is 72.2 Å². The van der Waals surface area contributed by atoms with Crippen LogP contribution in [0.3, 0.4) is 0 Å². The van der Waals surface area contributed by atoms with E-state index in [0.717, 1.165) is 0 Å². The second-order valence-corrected chi connectivity index (χ2v) is 4.70. The van der Waals surface area contributed by atoms with Gasteiger partial charge in [0.2, 0.25) is 0 Å². The Hall–Kier alpha value is -0.340. The average molecular weight is 218 g/mol. The largest absolute Gasteiger partial charge is 0.511 e. The van der Waals surface area contributed by atoms with Crippen molar-refractivity contribution in [2.75, 3.05) is 0 Å². The Morgan fingerprint density at radius 2 is 1.77 bits per heavy atom. The third-order valence-electron chi connectivity index (χ3n) is 1.80. The lowest BCUT2D eigenvalue weighted by atomic mass is 9.89. The fourth-order valence-electron chi connectivity index (χ4n) is 1.04. The van der Waals surface area contributed by atoms with E-state index < -0.39 is 21.6 Å². The molecule has 0 aliphatic heterocycles. The van der Waals surface area contributed by atoms with Gasteiger partial charge in [0.05, 0.1) is 0 Å². The highest BCUT2D eigenvalue weighted by molar-refractivity contribution is 7.90. The summed E-state index contributed by atoms with van der Waals surface area (Å²) in [5.41, 5.74) is 0.0512. The van der Waals surface area contributed by atoms with Crippen molar-refractivity contribution in [3.8, 4) is 0 Å². The maximum Gasteiger partial charge on any atom is 0.511 e. The summed E-state index contributed by atoms with van der Waals surface area (Å²) < 4.78 is 57.8. The summed E-state index contributed by atoms with van der Waals surface area (Å²) in [7, 11) is -5.19. The number of sulfonamides is 1.